The van der Waals surface area contributed by atoms with Crippen molar-refractivity contribution in [1.29, 1.82) is 0 Å². The summed E-state index contributed by atoms with van der Waals surface area (Å²) in [6.07, 6.45) is 1.82. The van der Waals surface area contributed by atoms with Gasteiger partial charge in [0.15, 0.2) is 0 Å². The molecule has 3 aromatic heterocycles. The van der Waals surface area contributed by atoms with E-state index in [0.717, 1.165) is 51.4 Å². The van der Waals surface area contributed by atoms with Crippen molar-refractivity contribution in [2.45, 2.75) is 40.8 Å². The largest absolute Gasteiger partial charge is 0.348 e. The van der Waals surface area contributed by atoms with Crippen molar-refractivity contribution in [2.75, 3.05) is 0 Å². The number of carbonyl (C=O) groups is 1. The van der Waals surface area contributed by atoms with Gasteiger partial charge in [-0.05, 0) is 39.8 Å². The number of hydrogen-bond acceptors (Lipinski definition) is 4. The molecule has 0 radical (unpaired) electrons. The number of rotatable bonds is 5. The first-order valence-electron chi connectivity index (χ1n) is 10.1. The minimum Gasteiger partial charge on any atom is -0.348 e. The molecule has 0 aliphatic rings. The molecule has 7 heteroatoms. The maximum Gasteiger partial charge on any atom is 0.252 e. The van der Waals surface area contributed by atoms with Crippen molar-refractivity contribution in [3.05, 3.63) is 64.7 Å². The van der Waals surface area contributed by atoms with E-state index in [-0.39, 0.29) is 5.91 Å². The van der Waals surface area contributed by atoms with E-state index in [0.29, 0.717) is 12.1 Å². The van der Waals surface area contributed by atoms with E-state index in [4.69, 9.17) is 4.98 Å². The second-order valence-corrected chi connectivity index (χ2v) is 7.50. The van der Waals surface area contributed by atoms with Gasteiger partial charge in [0.05, 0.1) is 28.7 Å². The Bertz CT molecular complexity index is 1250. The second-order valence-electron chi connectivity index (χ2n) is 7.50. The average molecular weight is 403 g/mol. The molecule has 4 rings (SSSR count). The molecule has 30 heavy (non-hydrogen) atoms. The first kappa shape index (κ1) is 19.8. The smallest absolute Gasteiger partial charge is 0.252 e. The van der Waals surface area contributed by atoms with Crippen LogP contribution in [0.1, 0.15) is 39.9 Å². The third-order valence-corrected chi connectivity index (χ3v) is 5.67. The second kappa shape index (κ2) is 7.74. The van der Waals surface area contributed by atoms with Gasteiger partial charge in [0, 0.05) is 48.0 Å². The van der Waals surface area contributed by atoms with Crippen molar-refractivity contribution >= 4 is 16.8 Å². The highest BCUT2D eigenvalue weighted by molar-refractivity contribution is 6.07. The molecule has 0 atom stereocenters. The van der Waals surface area contributed by atoms with Crippen LogP contribution in [0.25, 0.3) is 22.2 Å². The number of nitrogens with one attached hydrogen (secondary N) is 1. The molecular formula is C23H26N6O. The van der Waals surface area contributed by atoms with Crippen LogP contribution in [-0.2, 0) is 20.1 Å². The fraction of sp³-hybridized carbons (Fsp3) is 0.304. The lowest BCUT2D eigenvalue weighted by Crippen LogP contribution is -2.23. The van der Waals surface area contributed by atoms with Gasteiger partial charge in [-0.15, -0.1) is 0 Å². The van der Waals surface area contributed by atoms with Gasteiger partial charge in [0.1, 0.15) is 0 Å². The lowest BCUT2D eigenvalue weighted by atomic mass is 10.0. The van der Waals surface area contributed by atoms with Gasteiger partial charge in [-0.25, -0.2) is 4.98 Å². The Morgan fingerprint density at radius 3 is 2.57 bits per heavy atom. The summed E-state index contributed by atoms with van der Waals surface area (Å²) < 4.78 is 3.77. The average Bonchev–Trinajstić information content (AvgIpc) is 3.22. The number of aryl methyl sites for hydroxylation is 3. The SMILES string of the molecule is CCn1ncc(CNC(=O)c2cc(-c3c(C)nn(C)c3C)nc3ccccc23)c1C. The minimum atomic E-state index is -0.127. The fourth-order valence-corrected chi connectivity index (χ4v) is 3.88. The van der Waals surface area contributed by atoms with E-state index in [1.807, 2.05) is 73.7 Å². The van der Waals surface area contributed by atoms with Crippen LogP contribution >= 0.6 is 0 Å². The highest BCUT2D eigenvalue weighted by Crippen LogP contribution is 2.29. The molecule has 0 saturated carbocycles. The first-order valence-corrected chi connectivity index (χ1v) is 10.1. The summed E-state index contributed by atoms with van der Waals surface area (Å²) in [6.45, 7) is 9.29. The predicted molar refractivity (Wildman–Crippen MR) is 117 cm³/mol. The van der Waals surface area contributed by atoms with Crippen LogP contribution in [-0.4, -0.2) is 30.5 Å². The van der Waals surface area contributed by atoms with Crippen LogP contribution in [0.4, 0.5) is 0 Å². The molecule has 0 saturated heterocycles. The molecule has 1 aromatic carbocycles. The molecule has 0 fully saturated rings. The molecule has 3 heterocycles. The molecule has 0 bridgehead atoms. The monoisotopic (exact) mass is 402 g/mol. The Labute approximate surface area is 175 Å². The van der Waals surface area contributed by atoms with Crippen LogP contribution in [0.5, 0.6) is 0 Å². The number of hydrogen-bond donors (Lipinski definition) is 1. The zero-order valence-electron chi connectivity index (χ0n) is 18.0. The van der Waals surface area contributed by atoms with Gasteiger partial charge >= 0.3 is 0 Å². The summed E-state index contributed by atoms with van der Waals surface area (Å²) in [5, 5.41) is 12.8. The summed E-state index contributed by atoms with van der Waals surface area (Å²) in [5.74, 6) is -0.127. The van der Waals surface area contributed by atoms with Gasteiger partial charge < -0.3 is 5.32 Å². The first-order chi connectivity index (χ1) is 14.4. The highest BCUT2D eigenvalue weighted by Gasteiger charge is 2.18. The summed E-state index contributed by atoms with van der Waals surface area (Å²) in [4.78, 5) is 18.0. The molecule has 4 aromatic rings. The molecular weight excluding hydrogens is 376 g/mol. The molecule has 0 aliphatic carbocycles. The number of aromatic nitrogens is 5. The Balaban J connectivity index is 1.73. The lowest BCUT2D eigenvalue weighted by Gasteiger charge is -2.11. The number of para-hydroxylation sites is 1. The van der Waals surface area contributed by atoms with Gasteiger partial charge in [-0.1, -0.05) is 18.2 Å². The molecule has 1 amide bonds. The van der Waals surface area contributed by atoms with E-state index >= 15 is 0 Å². The molecule has 1 N–H and O–H groups in total. The van der Waals surface area contributed by atoms with Gasteiger partial charge in [0.25, 0.3) is 5.91 Å². The normalized spacial score (nSPS) is 11.2. The van der Waals surface area contributed by atoms with Crippen molar-refractivity contribution in [3.8, 4) is 11.3 Å². The topological polar surface area (TPSA) is 77.6 Å². The Morgan fingerprint density at radius 2 is 1.90 bits per heavy atom. The van der Waals surface area contributed by atoms with Crippen molar-refractivity contribution in [3.63, 3.8) is 0 Å². The van der Waals surface area contributed by atoms with Crippen molar-refractivity contribution in [2.24, 2.45) is 7.05 Å². The lowest BCUT2D eigenvalue weighted by molar-refractivity contribution is 0.0952. The number of fused-ring (bicyclic) bond motifs is 1. The number of pyridine rings is 1. The number of benzene rings is 1. The Kier molecular flexibility index (Phi) is 5.11. The number of carbonyl (C=O) groups excluding carboxylic acids is 1. The van der Waals surface area contributed by atoms with Crippen molar-refractivity contribution < 1.29 is 4.79 Å². The van der Waals surface area contributed by atoms with E-state index in [1.165, 1.54) is 0 Å². The third-order valence-electron chi connectivity index (χ3n) is 5.67. The molecule has 154 valence electrons. The van der Waals surface area contributed by atoms with Gasteiger partial charge in [-0.3, -0.25) is 14.2 Å². The van der Waals surface area contributed by atoms with Gasteiger partial charge in [0.2, 0.25) is 0 Å². The van der Waals surface area contributed by atoms with E-state index in [1.54, 1.807) is 0 Å². The summed E-state index contributed by atoms with van der Waals surface area (Å²) in [5.41, 5.74) is 7.13. The van der Waals surface area contributed by atoms with Gasteiger partial charge in [-0.2, -0.15) is 10.2 Å². The van der Waals surface area contributed by atoms with Crippen LogP contribution < -0.4 is 5.32 Å². The van der Waals surface area contributed by atoms with Crippen LogP contribution in [0.2, 0.25) is 0 Å². The van der Waals surface area contributed by atoms with Crippen LogP contribution in [0.3, 0.4) is 0 Å². The van der Waals surface area contributed by atoms with E-state index < -0.39 is 0 Å². The molecule has 0 spiro atoms. The van der Waals surface area contributed by atoms with E-state index in [2.05, 4.69) is 22.4 Å². The minimum absolute atomic E-state index is 0.127. The number of amides is 1. The third kappa shape index (κ3) is 3.36. The predicted octanol–water partition coefficient (Wildman–Crippen LogP) is 3.71. The zero-order valence-corrected chi connectivity index (χ0v) is 18.0. The summed E-state index contributed by atoms with van der Waals surface area (Å²) in [6, 6.07) is 9.61. The maximum absolute atomic E-state index is 13.2. The van der Waals surface area contributed by atoms with Crippen LogP contribution in [0.15, 0.2) is 36.5 Å². The molecule has 0 aliphatic heterocycles. The number of nitrogens with zero attached hydrogens (tertiary/aromatic N) is 5. The fourth-order valence-electron chi connectivity index (χ4n) is 3.88. The Morgan fingerprint density at radius 1 is 1.13 bits per heavy atom. The summed E-state index contributed by atoms with van der Waals surface area (Å²) in [7, 11) is 1.92. The summed E-state index contributed by atoms with van der Waals surface area (Å²) >= 11 is 0. The quantitative estimate of drug-likeness (QED) is 0.552. The molecule has 0 unspecified atom stereocenters. The zero-order chi connectivity index (χ0) is 21.4. The maximum atomic E-state index is 13.2. The van der Waals surface area contributed by atoms with E-state index in [9.17, 15) is 4.79 Å². The van der Waals surface area contributed by atoms with Crippen molar-refractivity contribution in [1.82, 2.24) is 29.9 Å². The van der Waals surface area contributed by atoms with Crippen LogP contribution in [0, 0.1) is 20.8 Å². The molecule has 7 nitrogen and oxygen atoms in total. The Hall–Kier alpha value is -3.48. The standard InChI is InChI=1S/C23H26N6O/c1-6-29-15(3)17(13-25-29)12-24-23(30)19-11-21(22-14(2)27-28(5)16(22)4)26-20-10-8-7-9-18(19)20/h7-11,13H,6,12H2,1-5H3,(H,24,30). The highest BCUT2D eigenvalue weighted by atomic mass is 16.1.